The van der Waals surface area contributed by atoms with Crippen LogP contribution < -0.4 is 4.90 Å². The molecule has 4 nitrogen and oxygen atoms in total. The van der Waals surface area contributed by atoms with Gasteiger partial charge in [0.2, 0.25) is 0 Å². The molecule has 1 aromatic carbocycles. The maximum Gasteiger partial charge on any atom is 0.0534 e. The summed E-state index contributed by atoms with van der Waals surface area (Å²) in [7, 11) is 0. The molecule has 0 radical (unpaired) electrons. The van der Waals surface area contributed by atoms with Gasteiger partial charge in [-0.2, -0.15) is 5.10 Å². The molecule has 0 spiro atoms. The van der Waals surface area contributed by atoms with Crippen molar-refractivity contribution in [3.8, 4) is 0 Å². The lowest BCUT2D eigenvalue weighted by Crippen LogP contribution is -2.49. The van der Waals surface area contributed by atoms with Crippen LogP contribution in [0.5, 0.6) is 0 Å². The molecule has 0 unspecified atom stereocenters. The fourth-order valence-corrected chi connectivity index (χ4v) is 4.13. The molecule has 2 aromatic rings. The van der Waals surface area contributed by atoms with Crippen LogP contribution in [0.1, 0.15) is 25.3 Å². The maximum atomic E-state index is 5.98. The summed E-state index contributed by atoms with van der Waals surface area (Å²) < 4.78 is 2.14. The lowest BCUT2D eigenvalue weighted by molar-refractivity contribution is 0.183. The van der Waals surface area contributed by atoms with Crippen molar-refractivity contribution in [1.82, 2.24) is 14.7 Å². The largest absolute Gasteiger partial charge is 0.369 e. The van der Waals surface area contributed by atoms with E-state index < -0.39 is 0 Å². The second-order valence-corrected chi connectivity index (χ2v) is 7.04. The van der Waals surface area contributed by atoms with Gasteiger partial charge in [-0.25, -0.2) is 0 Å². The molecule has 1 aliphatic heterocycles. The van der Waals surface area contributed by atoms with Crippen molar-refractivity contribution in [3.05, 3.63) is 47.7 Å². The van der Waals surface area contributed by atoms with Crippen LogP contribution in [-0.2, 0) is 0 Å². The minimum absolute atomic E-state index is 0.587. The van der Waals surface area contributed by atoms with Crippen LogP contribution in [0.4, 0.5) is 5.69 Å². The van der Waals surface area contributed by atoms with Crippen LogP contribution in [0.25, 0.3) is 0 Å². The molecule has 1 saturated carbocycles. The van der Waals surface area contributed by atoms with E-state index in [1.165, 1.54) is 24.9 Å². The standard InChI is InChI=1S/C18H23ClN4/c19-15-2-4-16(5-3-15)21-10-12-22(13-11-21)17-6-7-18(14-17)23-9-1-8-20-23/h1-5,8-9,17-18H,6-7,10-14H2/t17-,18-/m0/s1. The third-order valence-corrected chi connectivity index (χ3v) is 5.55. The molecule has 122 valence electrons. The van der Waals surface area contributed by atoms with E-state index in [2.05, 4.69) is 37.9 Å². The molecule has 0 N–H and O–H groups in total. The van der Waals surface area contributed by atoms with Crippen molar-refractivity contribution in [2.45, 2.75) is 31.3 Å². The monoisotopic (exact) mass is 330 g/mol. The van der Waals surface area contributed by atoms with Crippen LogP contribution in [-0.4, -0.2) is 46.9 Å². The van der Waals surface area contributed by atoms with Gasteiger partial charge >= 0.3 is 0 Å². The molecule has 2 atom stereocenters. The van der Waals surface area contributed by atoms with Crippen molar-refractivity contribution >= 4 is 17.3 Å². The summed E-state index contributed by atoms with van der Waals surface area (Å²) in [6.07, 6.45) is 7.78. The van der Waals surface area contributed by atoms with Crippen molar-refractivity contribution in [1.29, 1.82) is 0 Å². The van der Waals surface area contributed by atoms with Gasteiger partial charge in [0.15, 0.2) is 0 Å². The zero-order valence-corrected chi connectivity index (χ0v) is 14.1. The minimum atomic E-state index is 0.587. The van der Waals surface area contributed by atoms with Crippen LogP contribution in [0.3, 0.4) is 0 Å². The fourth-order valence-electron chi connectivity index (χ4n) is 4.00. The maximum absolute atomic E-state index is 5.98. The van der Waals surface area contributed by atoms with Gasteiger partial charge in [-0.15, -0.1) is 0 Å². The highest BCUT2D eigenvalue weighted by molar-refractivity contribution is 6.30. The Kier molecular flexibility index (Phi) is 4.27. The SMILES string of the molecule is Clc1ccc(N2CCN([C@H]3CC[C@H](n4cccn4)C3)CC2)cc1. The number of rotatable bonds is 3. The van der Waals surface area contributed by atoms with E-state index in [0.29, 0.717) is 6.04 Å². The highest BCUT2D eigenvalue weighted by Gasteiger charge is 2.32. The van der Waals surface area contributed by atoms with Gasteiger partial charge in [-0.3, -0.25) is 9.58 Å². The van der Waals surface area contributed by atoms with E-state index in [-0.39, 0.29) is 0 Å². The summed E-state index contributed by atoms with van der Waals surface area (Å²) in [6.45, 7) is 4.51. The van der Waals surface area contributed by atoms with E-state index in [4.69, 9.17) is 11.6 Å². The van der Waals surface area contributed by atoms with Gasteiger partial charge in [0.1, 0.15) is 0 Å². The first-order valence-electron chi connectivity index (χ1n) is 8.53. The number of halogens is 1. The molecule has 1 saturated heterocycles. The van der Waals surface area contributed by atoms with Crippen molar-refractivity contribution in [3.63, 3.8) is 0 Å². The third kappa shape index (κ3) is 3.24. The number of piperazine rings is 1. The number of hydrogen-bond donors (Lipinski definition) is 0. The Morgan fingerprint density at radius 3 is 2.39 bits per heavy atom. The molecular formula is C18H23ClN4. The molecule has 0 bridgehead atoms. The quantitative estimate of drug-likeness (QED) is 0.861. The number of benzene rings is 1. The second-order valence-electron chi connectivity index (χ2n) is 6.61. The first kappa shape index (κ1) is 15.0. The van der Waals surface area contributed by atoms with Crippen molar-refractivity contribution in [2.24, 2.45) is 0 Å². The Bertz CT molecular complexity index is 617. The molecule has 23 heavy (non-hydrogen) atoms. The van der Waals surface area contributed by atoms with Gasteiger partial charge in [0, 0.05) is 55.3 Å². The molecule has 2 fully saturated rings. The van der Waals surface area contributed by atoms with Gasteiger partial charge in [-0.05, 0) is 49.6 Å². The number of hydrogen-bond acceptors (Lipinski definition) is 3. The topological polar surface area (TPSA) is 24.3 Å². The fraction of sp³-hybridized carbons (Fsp3) is 0.500. The molecule has 2 aliphatic rings. The number of nitrogens with zero attached hydrogens (tertiary/aromatic N) is 4. The van der Waals surface area contributed by atoms with E-state index >= 15 is 0 Å². The Morgan fingerprint density at radius 1 is 0.957 bits per heavy atom. The molecule has 4 rings (SSSR count). The van der Waals surface area contributed by atoms with E-state index in [0.717, 1.165) is 37.2 Å². The molecule has 1 aromatic heterocycles. The van der Waals surface area contributed by atoms with Crippen molar-refractivity contribution < 1.29 is 0 Å². The summed E-state index contributed by atoms with van der Waals surface area (Å²) in [5.41, 5.74) is 1.29. The summed E-state index contributed by atoms with van der Waals surface area (Å²) in [4.78, 5) is 5.14. The number of aromatic nitrogens is 2. The van der Waals surface area contributed by atoms with Gasteiger partial charge in [0.25, 0.3) is 0 Å². The summed E-state index contributed by atoms with van der Waals surface area (Å²) in [5, 5.41) is 5.22. The molecule has 0 amide bonds. The van der Waals surface area contributed by atoms with Crippen LogP contribution in [0, 0.1) is 0 Å². The predicted octanol–water partition coefficient (Wildman–Crippen LogP) is 3.45. The average Bonchev–Trinajstić information content (AvgIpc) is 3.27. The van der Waals surface area contributed by atoms with Crippen LogP contribution in [0.15, 0.2) is 42.7 Å². The summed E-state index contributed by atoms with van der Waals surface area (Å²) >= 11 is 5.98. The zero-order valence-electron chi connectivity index (χ0n) is 13.3. The lowest BCUT2D eigenvalue weighted by Gasteiger charge is -2.39. The van der Waals surface area contributed by atoms with E-state index in [1.54, 1.807) is 0 Å². The molecule has 5 heteroatoms. The second kappa shape index (κ2) is 6.54. The van der Waals surface area contributed by atoms with Crippen LogP contribution >= 0.6 is 11.6 Å². The van der Waals surface area contributed by atoms with Gasteiger partial charge in [0.05, 0.1) is 6.04 Å². The lowest BCUT2D eigenvalue weighted by atomic mass is 10.1. The number of anilines is 1. The van der Waals surface area contributed by atoms with Crippen molar-refractivity contribution in [2.75, 3.05) is 31.1 Å². The smallest absolute Gasteiger partial charge is 0.0534 e. The predicted molar refractivity (Wildman–Crippen MR) is 94.1 cm³/mol. The first-order valence-corrected chi connectivity index (χ1v) is 8.91. The average molecular weight is 331 g/mol. The summed E-state index contributed by atoms with van der Waals surface area (Å²) in [6, 6.07) is 11.5. The third-order valence-electron chi connectivity index (χ3n) is 5.30. The van der Waals surface area contributed by atoms with Crippen LogP contribution in [0.2, 0.25) is 5.02 Å². The highest BCUT2D eigenvalue weighted by atomic mass is 35.5. The molecular weight excluding hydrogens is 308 g/mol. The first-order chi connectivity index (χ1) is 11.3. The molecule has 1 aliphatic carbocycles. The Labute approximate surface area is 142 Å². The van der Waals surface area contributed by atoms with E-state index in [1.807, 2.05) is 24.4 Å². The summed E-state index contributed by atoms with van der Waals surface area (Å²) in [5.74, 6) is 0. The Balaban J connectivity index is 1.32. The minimum Gasteiger partial charge on any atom is -0.369 e. The zero-order chi connectivity index (χ0) is 15.6. The highest BCUT2D eigenvalue weighted by Crippen LogP contribution is 2.33. The Morgan fingerprint density at radius 2 is 1.70 bits per heavy atom. The van der Waals surface area contributed by atoms with Gasteiger partial charge in [-0.1, -0.05) is 11.6 Å². The van der Waals surface area contributed by atoms with Gasteiger partial charge < -0.3 is 4.90 Å². The molecule has 2 heterocycles. The normalized spacial score (nSPS) is 25.9. The Hall–Kier alpha value is -1.52. The van der Waals surface area contributed by atoms with E-state index in [9.17, 15) is 0 Å².